The molecular weight excluding hydrogens is 494 g/mol. The zero-order valence-corrected chi connectivity index (χ0v) is 19.8. The van der Waals surface area contributed by atoms with Crippen molar-refractivity contribution in [1.29, 1.82) is 0 Å². The van der Waals surface area contributed by atoms with Gasteiger partial charge in [0.1, 0.15) is 12.4 Å². The summed E-state index contributed by atoms with van der Waals surface area (Å²) in [6, 6.07) is 18.3. The lowest BCUT2D eigenvalue weighted by molar-refractivity contribution is -0.136. The third-order valence-electron chi connectivity index (χ3n) is 4.74. The number of carbonyl (C=O) groups excluding carboxylic acids is 2. The number of halogens is 2. The maximum absolute atomic E-state index is 12.1. The molecule has 6 nitrogen and oxygen atoms in total. The van der Waals surface area contributed by atoms with E-state index in [0.717, 1.165) is 16.7 Å². The lowest BCUT2D eigenvalue weighted by atomic mass is 10.1. The molecule has 0 unspecified atom stereocenters. The molecule has 0 aliphatic rings. The van der Waals surface area contributed by atoms with Gasteiger partial charge in [-0.1, -0.05) is 41.9 Å². The Kier molecular flexibility index (Phi) is 8.03. The van der Waals surface area contributed by atoms with Gasteiger partial charge in [-0.15, -0.1) is 0 Å². The SMILES string of the molecule is Cc1cccc(NC(=O)C(=O)N/N=C\c2ccc(OCc3ccccc3Cl)c(Br)c2)c1C. The Morgan fingerprint density at radius 1 is 1.06 bits per heavy atom. The lowest BCUT2D eigenvalue weighted by Crippen LogP contribution is -2.32. The van der Waals surface area contributed by atoms with Crippen LogP contribution in [0, 0.1) is 13.8 Å². The van der Waals surface area contributed by atoms with Gasteiger partial charge in [0.25, 0.3) is 0 Å². The Balaban J connectivity index is 1.55. The number of hydrogen-bond acceptors (Lipinski definition) is 4. The first-order valence-corrected chi connectivity index (χ1v) is 10.9. The van der Waals surface area contributed by atoms with Crippen molar-refractivity contribution in [2.24, 2.45) is 5.10 Å². The summed E-state index contributed by atoms with van der Waals surface area (Å²) in [6.07, 6.45) is 1.44. The zero-order chi connectivity index (χ0) is 23.1. The van der Waals surface area contributed by atoms with Crippen molar-refractivity contribution in [3.05, 3.63) is 92.4 Å². The van der Waals surface area contributed by atoms with Crippen LogP contribution in [-0.4, -0.2) is 18.0 Å². The number of amides is 2. The molecule has 3 aromatic rings. The molecule has 0 bridgehead atoms. The molecule has 0 saturated carbocycles. The van der Waals surface area contributed by atoms with Gasteiger partial charge in [0.2, 0.25) is 0 Å². The van der Waals surface area contributed by atoms with Crippen LogP contribution in [0.2, 0.25) is 5.02 Å². The van der Waals surface area contributed by atoms with Crippen molar-refractivity contribution in [3.63, 3.8) is 0 Å². The number of hydrogen-bond donors (Lipinski definition) is 2. The number of nitrogens with zero attached hydrogens (tertiary/aromatic N) is 1. The van der Waals surface area contributed by atoms with E-state index < -0.39 is 11.8 Å². The highest BCUT2D eigenvalue weighted by Crippen LogP contribution is 2.27. The average Bonchev–Trinajstić information content (AvgIpc) is 2.77. The summed E-state index contributed by atoms with van der Waals surface area (Å²) >= 11 is 9.61. The molecule has 0 heterocycles. The maximum Gasteiger partial charge on any atom is 0.329 e. The summed E-state index contributed by atoms with van der Waals surface area (Å²) in [5.74, 6) is -1.01. The third kappa shape index (κ3) is 6.18. The van der Waals surface area contributed by atoms with Crippen LogP contribution in [0.15, 0.2) is 70.2 Å². The summed E-state index contributed by atoms with van der Waals surface area (Å²) in [4.78, 5) is 24.1. The number of aryl methyl sites for hydroxylation is 1. The Bertz CT molecular complexity index is 1180. The van der Waals surface area contributed by atoms with Crippen molar-refractivity contribution in [3.8, 4) is 5.75 Å². The number of carbonyl (C=O) groups is 2. The molecule has 0 spiro atoms. The van der Waals surface area contributed by atoms with Crippen LogP contribution in [-0.2, 0) is 16.2 Å². The predicted octanol–water partition coefficient (Wildman–Crippen LogP) is 5.39. The average molecular weight is 515 g/mol. The second-order valence-electron chi connectivity index (χ2n) is 6.97. The van der Waals surface area contributed by atoms with E-state index in [2.05, 4.69) is 31.8 Å². The molecule has 0 fully saturated rings. The topological polar surface area (TPSA) is 79.8 Å². The van der Waals surface area contributed by atoms with E-state index in [0.29, 0.717) is 33.1 Å². The molecule has 0 radical (unpaired) electrons. The number of hydrazone groups is 1. The molecular formula is C24H21BrClN3O3. The number of nitrogens with one attached hydrogen (secondary N) is 2. The Morgan fingerprint density at radius 2 is 1.84 bits per heavy atom. The van der Waals surface area contributed by atoms with Gasteiger partial charge >= 0.3 is 11.8 Å². The molecule has 3 aromatic carbocycles. The van der Waals surface area contributed by atoms with Gasteiger partial charge in [0.05, 0.1) is 10.7 Å². The van der Waals surface area contributed by atoms with Gasteiger partial charge in [0.15, 0.2) is 0 Å². The summed E-state index contributed by atoms with van der Waals surface area (Å²) in [6.45, 7) is 4.14. The minimum atomic E-state index is -0.860. The van der Waals surface area contributed by atoms with E-state index in [-0.39, 0.29) is 0 Å². The van der Waals surface area contributed by atoms with Crippen LogP contribution in [0.4, 0.5) is 5.69 Å². The third-order valence-corrected chi connectivity index (χ3v) is 5.72. The fourth-order valence-corrected chi connectivity index (χ4v) is 3.47. The highest BCUT2D eigenvalue weighted by Gasteiger charge is 2.14. The lowest BCUT2D eigenvalue weighted by Gasteiger charge is -2.10. The summed E-state index contributed by atoms with van der Waals surface area (Å²) in [7, 11) is 0. The Morgan fingerprint density at radius 3 is 2.59 bits per heavy atom. The first kappa shape index (κ1) is 23.5. The number of rotatable bonds is 6. The molecule has 0 saturated heterocycles. The van der Waals surface area contributed by atoms with Gasteiger partial charge in [-0.25, -0.2) is 5.43 Å². The highest BCUT2D eigenvalue weighted by atomic mass is 79.9. The van der Waals surface area contributed by atoms with Crippen LogP contribution in [0.25, 0.3) is 0 Å². The molecule has 0 atom stereocenters. The molecule has 164 valence electrons. The zero-order valence-electron chi connectivity index (χ0n) is 17.5. The largest absolute Gasteiger partial charge is 0.488 e. The van der Waals surface area contributed by atoms with Gasteiger partial charge < -0.3 is 10.1 Å². The normalized spacial score (nSPS) is 10.8. The van der Waals surface area contributed by atoms with Crippen LogP contribution in [0.3, 0.4) is 0 Å². The monoisotopic (exact) mass is 513 g/mol. The van der Waals surface area contributed by atoms with Gasteiger partial charge in [-0.05, 0) is 76.8 Å². The maximum atomic E-state index is 12.1. The molecule has 32 heavy (non-hydrogen) atoms. The minimum absolute atomic E-state index is 0.331. The fraction of sp³-hybridized carbons (Fsp3) is 0.125. The Hall–Kier alpha value is -3.16. The van der Waals surface area contributed by atoms with E-state index in [1.807, 2.05) is 50.2 Å². The second kappa shape index (κ2) is 10.9. The van der Waals surface area contributed by atoms with Gasteiger partial charge in [-0.2, -0.15) is 5.10 Å². The van der Waals surface area contributed by atoms with E-state index >= 15 is 0 Å². The second-order valence-corrected chi connectivity index (χ2v) is 8.23. The summed E-state index contributed by atoms with van der Waals surface area (Å²) in [5.41, 5.74) is 6.33. The number of ether oxygens (including phenoxy) is 1. The molecule has 8 heteroatoms. The predicted molar refractivity (Wildman–Crippen MR) is 130 cm³/mol. The van der Waals surface area contributed by atoms with E-state index in [1.54, 1.807) is 24.3 Å². The number of benzene rings is 3. The summed E-state index contributed by atoms with van der Waals surface area (Å²) in [5, 5.41) is 7.09. The quantitative estimate of drug-likeness (QED) is 0.263. The van der Waals surface area contributed by atoms with Crippen LogP contribution in [0.5, 0.6) is 5.75 Å². The minimum Gasteiger partial charge on any atom is -0.488 e. The van der Waals surface area contributed by atoms with Crippen molar-refractivity contribution in [2.45, 2.75) is 20.5 Å². The van der Waals surface area contributed by atoms with Crippen molar-refractivity contribution >= 4 is 51.2 Å². The van der Waals surface area contributed by atoms with E-state index in [9.17, 15) is 9.59 Å². The summed E-state index contributed by atoms with van der Waals surface area (Å²) < 4.78 is 6.52. The van der Waals surface area contributed by atoms with E-state index in [4.69, 9.17) is 16.3 Å². The first-order chi connectivity index (χ1) is 15.3. The standard InChI is InChI=1S/C24H21BrClN3O3/c1-15-6-5-9-21(16(15)2)28-23(30)24(31)29-27-13-17-10-11-22(19(25)12-17)32-14-18-7-3-4-8-20(18)26/h3-13H,14H2,1-2H3,(H,28,30)(H,29,31)/b27-13-. The fourth-order valence-electron chi connectivity index (χ4n) is 2.77. The Labute approximate surface area is 199 Å². The van der Waals surface area contributed by atoms with Crippen LogP contribution in [0.1, 0.15) is 22.3 Å². The molecule has 0 aliphatic heterocycles. The van der Waals surface area contributed by atoms with Crippen LogP contribution >= 0.6 is 27.5 Å². The van der Waals surface area contributed by atoms with Crippen molar-refractivity contribution in [1.82, 2.24) is 5.43 Å². The van der Waals surface area contributed by atoms with E-state index in [1.165, 1.54) is 6.21 Å². The molecule has 0 aromatic heterocycles. The molecule has 2 N–H and O–H groups in total. The number of anilines is 1. The van der Waals surface area contributed by atoms with Crippen LogP contribution < -0.4 is 15.5 Å². The van der Waals surface area contributed by atoms with Crippen molar-refractivity contribution in [2.75, 3.05) is 5.32 Å². The van der Waals surface area contributed by atoms with Gasteiger partial charge in [-0.3, -0.25) is 9.59 Å². The first-order valence-electron chi connectivity index (χ1n) is 9.71. The molecule has 0 aliphatic carbocycles. The van der Waals surface area contributed by atoms with Crippen molar-refractivity contribution < 1.29 is 14.3 Å². The molecule has 2 amide bonds. The van der Waals surface area contributed by atoms with Gasteiger partial charge in [0, 0.05) is 16.3 Å². The smallest absolute Gasteiger partial charge is 0.329 e. The molecule has 3 rings (SSSR count). The highest BCUT2D eigenvalue weighted by molar-refractivity contribution is 9.10.